The lowest BCUT2D eigenvalue weighted by atomic mass is 10.2. The number of aryl methyl sites for hydroxylation is 1. The third kappa shape index (κ3) is 3.72. The summed E-state index contributed by atoms with van der Waals surface area (Å²) < 4.78 is 0. The number of benzene rings is 2. The Kier molecular flexibility index (Phi) is 4.51. The van der Waals surface area contributed by atoms with Crippen molar-refractivity contribution in [2.24, 2.45) is 5.10 Å². The maximum atomic E-state index is 5.89. The van der Waals surface area contributed by atoms with E-state index in [4.69, 9.17) is 11.6 Å². The van der Waals surface area contributed by atoms with Crippen LogP contribution in [0.15, 0.2) is 59.0 Å². The summed E-state index contributed by atoms with van der Waals surface area (Å²) in [7, 11) is 0. The van der Waals surface area contributed by atoms with Crippen LogP contribution >= 0.6 is 22.9 Å². The lowest BCUT2D eigenvalue weighted by Gasteiger charge is -1.97. The van der Waals surface area contributed by atoms with Crippen LogP contribution in [0.4, 0.5) is 5.13 Å². The van der Waals surface area contributed by atoms with Gasteiger partial charge in [-0.1, -0.05) is 53.6 Å². The molecule has 5 heteroatoms. The minimum Gasteiger partial charge on any atom is -0.253 e. The number of halogens is 1. The smallest absolute Gasteiger partial charge is 0.203 e. The zero-order valence-corrected chi connectivity index (χ0v) is 13.5. The van der Waals surface area contributed by atoms with Crippen molar-refractivity contribution >= 4 is 34.3 Å². The number of aromatic nitrogens is 1. The predicted octanol–water partition coefficient (Wildman–Crippen LogP) is 5.22. The van der Waals surface area contributed by atoms with E-state index in [9.17, 15) is 0 Å². The lowest BCUT2D eigenvalue weighted by molar-refractivity contribution is 1.29. The van der Waals surface area contributed by atoms with Crippen molar-refractivity contribution in [2.75, 3.05) is 5.43 Å². The molecule has 0 unspecified atom stereocenters. The van der Waals surface area contributed by atoms with Gasteiger partial charge in [0, 0.05) is 16.0 Å². The van der Waals surface area contributed by atoms with Gasteiger partial charge in [0.05, 0.1) is 11.9 Å². The van der Waals surface area contributed by atoms with E-state index >= 15 is 0 Å². The molecule has 0 saturated heterocycles. The van der Waals surface area contributed by atoms with E-state index in [2.05, 4.69) is 34.6 Å². The van der Waals surface area contributed by atoms with Crippen molar-refractivity contribution in [2.45, 2.75) is 6.92 Å². The Labute approximate surface area is 138 Å². The zero-order chi connectivity index (χ0) is 15.4. The van der Waals surface area contributed by atoms with Gasteiger partial charge >= 0.3 is 0 Å². The van der Waals surface area contributed by atoms with Crippen LogP contribution in [0.3, 0.4) is 0 Å². The van der Waals surface area contributed by atoms with Gasteiger partial charge in [-0.15, -0.1) is 11.3 Å². The topological polar surface area (TPSA) is 37.3 Å². The van der Waals surface area contributed by atoms with Crippen LogP contribution in [-0.4, -0.2) is 11.2 Å². The first-order valence-corrected chi connectivity index (χ1v) is 8.04. The summed E-state index contributed by atoms with van der Waals surface area (Å²) in [5.41, 5.74) is 7.19. The van der Waals surface area contributed by atoms with Crippen LogP contribution in [-0.2, 0) is 0 Å². The summed E-state index contributed by atoms with van der Waals surface area (Å²) in [6, 6.07) is 15.8. The van der Waals surface area contributed by atoms with E-state index in [1.807, 2.05) is 41.8 Å². The minimum atomic E-state index is 0.722. The van der Waals surface area contributed by atoms with Crippen LogP contribution in [0, 0.1) is 6.92 Å². The highest BCUT2D eigenvalue weighted by atomic mass is 35.5. The van der Waals surface area contributed by atoms with Crippen molar-refractivity contribution in [1.29, 1.82) is 0 Å². The van der Waals surface area contributed by atoms with Gasteiger partial charge in [0.25, 0.3) is 0 Å². The molecular formula is C17H14ClN3S. The summed E-state index contributed by atoms with van der Waals surface area (Å²) in [6.07, 6.45) is 1.78. The average Bonchev–Trinajstić information content (AvgIpc) is 2.99. The molecule has 1 heterocycles. The van der Waals surface area contributed by atoms with E-state index in [1.165, 1.54) is 16.9 Å². The summed E-state index contributed by atoms with van der Waals surface area (Å²) >= 11 is 7.41. The molecule has 0 atom stereocenters. The fourth-order valence-electron chi connectivity index (χ4n) is 1.89. The van der Waals surface area contributed by atoms with Gasteiger partial charge in [0.1, 0.15) is 0 Å². The Morgan fingerprint density at radius 3 is 2.55 bits per heavy atom. The Hall–Kier alpha value is -2.17. The number of nitrogens with zero attached hydrogens (tertiary/aromatic N) is 2. The van der Waals surface area contributed by atoms with Crippen molar-refractivity contribution in [3.05, 3.63) is 70.1 Å². The molecule has 1 N–H and O–H groups in total. The first kappa shape index (κ1) is 14.8. The van der Waals surface area contributed by atoms with Crippen LogP contribution < -0.4 is 5.43 Å². The maximum Gasteiger partial charge on any atom is 0.203 e. The third-order valence-corrected chi connectivity index (χ3v) is 4.09. The van der Waals surface area contributed by atoms with Crippen LogP contribution in [0.2, 0.25) is 5.02 Å². The molecule has 0 saturated carbocycles. The van der Waals surface area contributed by atoms with Gasteiger partial charge in [-0.05, 0) is 24.6 Å². The largest absolute Gasteiger partial charge is 0.253 e. The van der Waals surface area contributed by atoms with Gasteiger partial charge in [-0.2, -0.15) is 5.10 Å². The third-order valence-electron chi connectivity index (χ3n) is 3.10. The Morgan fingerprint density at radius 1 is 1.09 bits per heavy atom. The molecule has 0 amide bonds. The summed E-state index contributed by atoms with van der Waals surface area (Å²) in [5.74, 6) is 0. The molecule has 3 aromatic rings. The molecule has 0 fully saturated rings. The number of anilines is 1. The van der Waals surface area contributed by atoms with Gasteiger partial charge in [-0.25, -0.2) is 4.98 Å². The standard InChI is InChI=1S/C17H14ClN3S/c1-12-2-4-13(5-3-12)10-19-21-17-20-16(11-22-17)14-6-8-15(18)9-7-14/h2-11H,1H3,(H,20,21)/b19-10+. The molecule has 0 aliphatic rings. The molecule has 1 aromatic heterocycles. The highest BCUT2D eigenvalue weighted by Gasteiger charge is 2.03. The van der Waals surface area contributed by atoms with Crippen molar-refractivity contribution < 1.29 is 0 Å². The van der Waals surface area contributed by atoms with E-state index in [0.717, 1.165) is 27.0 Å². The van der Waals surface area contributed by atoms with E-state index in [-0.39, 0.29) is 0 Å². The Balaban J connectivity index is 1.66. The minimum absolute atomic E-state index is 0.722. The Morgan fingerprint density at radius 2 is 1.82 bits per heavy atom. The SMILES string of the molecule is Cc1ccc(/C=N/Nc2nc(-c3ccc(Cl)cc3)cs2)cc1. The molecule has 22 heavy (non-hydrogen) atoms. The van der Waals surface area contributed by atoms with Crippen LogP contribution in [0.1, 0.15) is 11.1 Å². The molecule has 0 spiro atoms. The molecule has 110 valence electrons. The van der Waals surface area contributed by atoms with Crippen molar-refractivity contribution in [3.8, 4) is 11.3 Å². The summed E-state index contributed by atoms with van der Waals surface area (Å²) in [5, 5.41) is 7.69. The summed E-state index contributed by atoms with van der Waals surface area (Å²) in [4.78, 5) is 4.51. The van der Waals surface area contributed by atoms with E-state index in [0.29, 0.717) is 0 Å². The molecule has 0 bridgehead atoms. The predicted molar refractivity (Wildman–Crippen MR) is 95.0 cm³/mol. The first-order valence-electron chi connectivity index (χ1n) is 6.78. The first-order chi connectivity index (χ1) is 10.7. The van der Waals surface area contributed by atoms with E-state index < -0.39 is 0 Å². The highest BCUT2D eigenvalue weighted by Crippen LogP contribution is 2.25. The monoisotopic (exact) mass is 327 g/mol. The molecule has 0 aliphatic carbocycles. The Bertz CT molecular complexity index is 776. The molecular weight excluding hydrogens is 314 g/mol. The fourth-order valence-corrected chi connectivity index (χ4v) is 2.69. The number of hydrogen-bond donors (Lipinski definition) is 1. The number of hydrogen-bond acceptors (Lipinski definition) is 4. The number of rotatable bonds is 4. The second-order valence-electron chi connectivity index (χ2n) is 4.83. The second kappa shape index (κ2) is 6.73. The quantitative estimate of drug-likeness (QED) is 0.527. The van der Waals surface area contributed by atoms with Gasteiger partial charge < -0.3 is 0 Å². The normalized spacial score (nSPS) is 11.0. The highest BCUT2D eigenvalue weighted by molar-refractivity contribution is 7.14. The maximum absolute atomic E-state index is 5.89. The van der Waals surface area contributed by atoms with Gasteiger partial charge in [0.2, 0.25) is 5.13 Å². The van der Waals surface area contributed by atoms with Gasteiger partial charge in [-0.3, -0.25) is 5.43 Å². The lowest BCUT2D eigenvalue weighted by Crippen LogP contribution is -1.90. The fraction of sp³-hybridized carbons (Fsp3) is 0.0588. The van der Waals surface area contributed by atoms with Gasteiger partial charge in [0.15, 0.2) is 0 Å². The molecule has 2 aromatic carbocycles. The number of hydrazone groups is 1. The second-order valence-corrected chi connectivity index (χ2v) is 6.12. The zero-order valence-electron chi connectivity index (χ0n) is 12.0. The van der Waals surface area contributed by atoms with Crippen LogP contribution in [0.5, 0.6) is 0 Å². The molecule has 3 nitrogen and oxygen atoms in total. The number of thiazole rings is 1. The molecule has 0 aliphatic heterocycles. The summed E-state index contributed by atoms with van der Waals surface area (Å²) in [6.45, 7) is 2.06. The number of nitrogens with one attached hydrogen (secondary N) is 1. The van der Waals surface area contributed by atoms with E-state index in [1.54, 1.807) is 6.21 Å². The van der Waals surface area contributed by atoms with Crippen molar-refractivity contribution in [1.82, 2.24) is 4.98 Å². The average molecular weight is 328 g/mol. The molecule has 0 radical (unpaired) electrons. The van der Waals surface area contributed by atoms with Crippen LogP contribution in [0.25, 0.3) is 11.3 Å². The molecule has 3 rings (SSSR count). The van der Waals surface area contributed by atoms with Crippen molar-refractivity contribution in [3.63, 3.8) is 0 Å².